The largest absolute Gasteiger partial charge is 0.494 e. The maximum Gasteiger partial charge on any atom is 0.146 e. The molecule has 96 valence electrons. The monoisotopic (exact) mass is 246 g/mol. The summed E-state index contributed by atoms with van der Waals surface area (Å²) in [6.45, 7) is 4.09. The number of methoxy groups -OCH3 is 2. The van der Waals surface area contributed by atoms with Crippen molar-refractivity contribution in [3.05, 3.63) is 35.9 Å². The van der Waals surface area contributed by atoms with Gasteiger partial charge in [0, 0.05) is 18.8 Å². The third-order valence-electron chi connectivity index (χ3n) is 2.90. The summed E-state index contributed by atoms with van der Waals surface area (Å²) >= 11 is 0. The Labute approximate surface area is 107 Å². The first-order chi connectivity index (χ1) is 8.71. The van der Waals surface area contributed by atoms with Gasteiger partial charge in [0.1, 0.15) is 23.0 Å². The van der Waals surface area contributed by atoms with Crippen molar-refractivity contribution >= 4 is 0 Å². The van der Waals surface area contributed by atoms with Gasteiger partial charge in [-0.1, -0.05) is 6.92 Å². The van der Waals surface area contributed by atoms with Gasteiger partial charge in [0.05, 0.1) is 14.2 Å². The molecule has 0 amide bonds. The van der Waals surface area contributed by atoms with Gasteiger partial charge in [-0.2, -0.15) is 0 Å². The summed E-state index contributed by atoms with van der Waals surface area (Å²) in [6, 6.07) is 3.99. The molecule has 0 bridgehead atoms. The second kappa shape index (κ2) is 5.12. The predicted molar refractivity (Wildman–Crippen MR) is 70.8 cm³/mol. The number of benzene rings is 1. The standard InChI is InChI=1S/C14H18N2O2/c1-5-13-15-6-7-16(13)14-11(17-3)8-10(2)9-12(14)18-4/h6-9H,5H2,1-4H3. The lowest BCUT2D eigenvalue weighted by molar-refractivity contribution is 0.390. The Balaban J connectivity index is 2.68. The van der Waals surface area contributed by atoms with Gasteiger partial charge >= 0.3 is 0 Å². The first-order valence-corrected chi connectivity index (χ1v) is 5.96. The second-order valence-electron chi connectivity index (χ2n) is 4.09. The molecule has 0 radical (unpaired) electrons. The lowest BCUT2D eigenvalue weighted by Crippen LogP contribution is -2.04. The first kappa shape index (κ1) is 12.5. The van der Waals surface area contributed by atoms with Crippen LogP contribution in [0, 0.1) is 6.92 Å². The van der Waals surface area contributed by atoms with Gasteiger partial charge in [-0.3, -0.25) is 4.57 Å². The molecule has 0 fully saturated rings. The predicted octanol–water partition coefficient (Wildman–Crippen LogP) is 2.76. The summed E-state index contributed by atoms with van der Waals surface area (Å²) in [5.41, 5.74) is 2.01. The van der Waals surface area contributed by atoms with E-state index in [1.807, 2.05) is 29.8 Å². The smallest absolute Gasteiger partial charge is 0.146 e. The Hall–Kier alpha value is -1.97. The van der Waals surface area contributed by atoms with E-state index in [-0.39, 0.29) is 0 Å². The van der Waals surface area contributed by atoms with Crippen molar-refractivity contribution < 1.29 is 9.47 Å². The third-order valence-corrected chi connectivity index (χ3v) is 2.90. The molecular formula is C14H18N2O2. The van der Waals surface area contributed by atoms with Crippen molar-refractivity contribution in [3.8, 4) is 17.2 Å². The van der Waals surface area contributed by atoms with Gasteiger partial charge in [-0.25, -0.2) is 4.98 Å². The molecule has 0 aliphatic carbocycles. The minimum Gasteiger partial charge on any atom is -0.494 e. The van der Waals surface area contributed by atoms with Crippen LogP contribution in [-0.4, -0.2) is 23.8 Å². The number of nitrogens with zero attached hydrogens (tertiary/aromatic N) is 2. The highest BCUT2D eigenvalue weighted by molar-refractivity contribution is 5.59. The van der Waals surface area contributed by atoms with Crippen LogP contribution in [0.2, 0.25) is 0 Å². The summed E-state index contributed by atoms with van der Waals surface area (Å²) in [7, 11) is 3.33. The molecule has 2 rings (SSSR count). The summed E-state index contributed by atoms with van der Waals surface area (Å²) in [4.78, 5) is 4.34. The Kier molecular flexibility index (Phi) is 3.55. The highest BCUT2D eigenvalue weighted by Crippen LogP contribution is 2.34. The molecule has 0 N–H and O–H groups in total. The molecule has 0 unspecified atom stereocenters. The number of hydrogen-bond donors (Lipinski definition) is 0. The highest BCUT2D eigenvalue weighted by Gasteiger charge is 2.15. The fourth-order valence-electron chi connectivity index (χ4n) is 2.06. The number of aryl methyl sites for hydroxylation is 2. The molecule has 1 aromatic heterocycles. The summed E-state index contributed by atoms with van der Waals surface area (Å²) in [5, 5.41) is 0. The van der Waals surface area contributed by atoms with E-state index in [9.17, 15) is 0 Å². The van der Waals surface area contributed by atoms with Crippen LogP contribution >= 0.6 is 0 Å². The molecular weight excluding hydrogens is 228 g/mol. The van der Waals surface area contributed by atoms with Crippen LogP contribution in [0.15, 0.2) is 24.5 Å². The molecule has 0 atom stereocenters. The third kappa shape index (κ3) is 2.06. The maximum atomic E-state index is 5.46. The van der Waals surface area contributed by atoms with E-state index < -0.39 is 0 Å². The molecule has 0 saturated heterocycles. The Morgan fingerprint density at radius 3 is 2.28 bits per heavy atom. The Morgan fingerprint density at radius 1 is 1.17 bits per heavy atom. The van der Waals surface area contributed by atoms with Crippen molar-refractivity contribution in [2.75, 3.05) is 14.2 Å². The van der Waals surface area contributed by atoms with E-state index in [2.05, 4.69) is 11.9 Å². The van der Waals surface area contributed by atoms with Crippen LogP contribution < -0.4 is 9.47 Å². The lowest BCUT2D eigenvalue weighted by atomic mass is 10.2. The molecule has 4 nitrogen and oxygen atoms in total. The normalized spacial score (nSPS) is 10.4. The summed E-state index contributed by atoms with van der Waals surface area (Å²) < 4.78 is 12.9. The minimum atomic E-state index is 0.791. The van der Waals surface area contributed by atoms with E-state index in [1.165, 1.54) is 0 Å². The number of hydrogen-bond acceptors (Lipinski definition) is 3. The molecule has 0 saturated carbocycles. The zero-order chi connectivity index (χ0) is 13.1. The molecule has 0 aliphatic rings. The number of ether oxygens (including phenoxy) is 2. The van der Waals surface area contributed by atoms with Crippen molar-refractivity contribution in [1.82, 2.24) is 9.55 Å². The van der Waals surface area contributed by atoms with Gasteiger partial charge in [0.25, 0.3) is 0 Å². The van der Waals surface area contributed by atoms with Crippen LogP contribution in [0.25, 0.3) is 5.69 Å². The molecule has 4 heteroatoms. The molecule has 0 spiro atoms. The number of aromatic nitrogens is 2. The molecule has 2 aromatic rings. The van der Waals surface area contributed by atoms with Crippen LogP contribution in [0.4, 0.5) is 0 Å². The fourth-order valence-corrected chi connectivity index (χ4v) is 2.06. The Bertz CT molecular complexity index is 521. The van der Waals surface area contributed by atoms with Gasteiger partial charge in [-0.05, 0) is 24.6 Å². The Morgan fingerprint density at radius 2 is 1.78 bits per heavy atom. The van der Waals surface area contributed by atoms with E-state index in [0.717, 1.165) is 35.0 Å². The van der Waals surface area contributed by atoms with Crippen LogP contribution in [0.3, 0.4) is 0 Å². The number of rotatable bonds is 4. The van der Waals surface area contributed by atoms with Crippen LogP contribution in [0.1, 0.15) is 18.3 Å². The quantitative estimate of drug-likeness (QED) is 0.832. The zero-order valence-electron chi connectivity index (χ0n) is 11.2. The SMILES string of the molecule is CCc1nccn1-c1c(OC)cc(C)cc1OC. The average molecular weight is 246 g/mol. The van der Waals surface area contributed by atoms with Crippen molar-refractivity contribution in [2.45, 2.75) is 20.3 Å². The van der Waals surface area contributed by atoms with E-state index in [0.29, 0.717) is 0 Å². The van der Waals surface area contributed by atoms with Crippen molar-refractivity contribution in [3.63, 3.8) is 0 Å². The van der Waals surface area contributed by atoms with Gasteiger partial charge in [0.15, 0.2) is 0 Å². The van der Waals surface area contributed by atoms with Gasteiger partial charge in [-0.15, -0.1) is 0 Å². The van der Waals surface area contributed by atoms with Crippen molar-refractivity contribution in [2.24, 2.45) is 0 Å². The van der Waals surface area contributed by atoms with Crippen LogP contribution in [0.5, 0.6) is 11.5 Å². The van der Waals surface area contributed by atoms with E-state index in [1.54, 1.807) is 20.4 Å². The summed E-state index contributed by atoms with van der Waals surface area (Å²) in [6.07, 6.45) is 4.57. The molecule has 18 heavy (non-hydrogen) atoms. The molecule has 1 heterocycles. The second-order valence-corrected chi connectivity index (χ2v) is 4.09. The zero-order valence-corrected chi connectivity index (χ0v) is 11.2. The van der Waals surface area contributed by atoms with Crippen LogP contribution in [-0.2, 0) is 6.42 Å². The number of imidazole rings is 1. The highest BCUT2D eigenvalue weighted by atomic mass is 16.5. The fraction of sp³-hybridized carbons (Fsp3) is 0.357. The molecule has 1 aromatic carbocycles. The maximum absolute atomic E-state index is 5.46. The first-order valence-electron chi connectivity index (χ1n) is 5.96. The molecule has 0 aliphatic heterocycles. The average Bonchev–Trinajstić information content (AvgIpc) is 2.85. The van der Waals surface area contributed by atoms with Crippen molar-refractivity contribution in [1.29, 1.82) is 0 Å². The van der Waals surface area contributed by atoms with E-state index >= 15 is 0 Å². The topological polar surface area (TPSA) is 36.3 Å². The van der Waals surface area contributed by atoms with Gasteiger partial charge < -0.3 is 9.47 Å². The summed E-state index contributed by atoms with van der Waals surface area (Å²) in [5.74, 6) is 2.56. The van der Waals surface area contributed by atoms with E-state index in [4.69, 9.17) is 9.47 Å². The minimum absolute atomic E-state index is 0.791. The lowest BCUT2D eigenvalue weighted by Gasteiger charge is -2.16. The van der Waals surface area contributed by atoms with Gasteiger partial charge in [0.2, 0.25) is 0 Å².